The van der Waals surface area contributed by atoms with E-state index in [1.165, 1.54) is 0 Å². The Hall–Kier alpha value is -1.62. The van der Waals surface area contributed by atoms with Gasteiger partial charge in [-0.1, -0.05) is 20.8 Å². The van der Waals surface area contributed by atoms with Gasteiger partial charge >= 0.3 is 0 Å². The third-order valence-electron chi connectivity index (χ3n) is 2.59. The number of nitrogens with two attached hydrogens (primary N) is 1. The smallest absolute Gasteiger partial charge is 0.241 e. The van der Waals surface area contributed by atoms with E-state index in [4.69, 9.17) is 10.5 Å². The molecule has 0 bridgehead atoms. The predicted octanol–water partition coefficient (Wildman–Crippen LogP) is 2.18. The maximum Gasteiger partial charge on any atom is 0.241 e. The van der Waals surface area contributed by atoms with Crippen molar-refractivity contribution in [2.24, 2.45) is 11.1 Å². The summed E-state index contributed by atoms with van der Waals surface area (Å²) >= 11 is 0. The van der Waals surface area contributed by atoms with E-state index >= 15 is 0 Å². The van der Waals surface area contributed by atoms with E-state index in [2.05, 4.69) is 10.3 Å². The average Bonchev–Trinajstić information content (AvgIpc) is 2.28. The summed E-state index contributed by atoms with van der Waals surface area (Å²) in [7, 11) is 0. The number of pyridine rings is 1. The van der Waals surface area contributed by atoms with Crippen LogP contribution < -0.4 is 15.8 Å². The van der Waals surface area contributed by atoms with E-state index in [1.54, 1.807) is 18.3 Å². The van der Waals surface area contributed by atoms with Crippen molar-refractivity contribution in [3.8, 4) is 5.88 Å². The van der Waals surface area contributed by atoms with Crippen LogP contribution in [0.2, 0.25) is 0 Å². The van der Waals surface area contributed by atoms with E-state index in [0.717, 1.165) is 0 Å². The van der Waals surface area contributed by atoms with Gasteiger partial charge < -0.3 is 15.8 Å². The molecule has 0 radical (unpaired) electrons. The highest BCUT2D eigenvalue weighted by Crippen LogP contribution is 2.24. The van der Waals surface area contributed by atoms with Gasteiger partial charge in [0.25, 0.3) is 0 Å². The second-order valence-electron chi connectivity index (χ2n) is 5.86. The van der Waals surface area contributed by atoms with Gasteiger partial charge in [0, 0.05) is 6.20 Å². The minimum atomic E-state index is -0.598. The first-order valence-electron chi connectivity index (χ1n) is 6.40. The topological polar surface area (TPSA) is 77.2 Å². The number of nitrogens with one attached hydrogen (secondary N) is 1. The van der Waals surface area contributed by atoms with Crippen LogP contribution in [-0.2, 0) is 4.79 Å². The molecule has 1 aromatic rings. The minimum Gasteiger partial charge on any atom is -0.473 e. The first-order valence-corrected chi connectivity index (χ1v) is 6.40. The molecule has 0 aliphatic heterocycles. The van der Waals surface area contributed by atoms with E-state index in [1.807, 2.05) is 34.6 Å². The summed E-state index contributed by atoms with van der Waals surface area (Å²) < 4.78 is 5.54. The van der Waals surface area contributed by atoms with Gasteiger partial charge in [0.15, 0.2) is 0 Å². The Morgan fingerprint density at radius 2 is 2.05 bits per heavy atom. The number of anilines is 1. The summed E-state index contributed by atoms with van der Waals surface area (Å²) in [6, 6.07) is 2.89. The van der Waals surface area contributed by atoms with Crippen LogP contribution in [-0.4, -0.2) is 23.0 Å². The van der Waals surface area contributed by atoms with Crippen molar-refractivity contribution in [3.63, 3.8) is 0 Å². The lowest BCUT2D eigenvalue weighted by Gasteiger charge is -2.26. The van der Waals surface area contributed by atoms with Crippen molar-refractivity contribution in [2.45, 2.75) is 46.8 Å². The average molecular weight is 265 g/mol. The highest BCUT2D eigenvalue weighted by molar-refractivity contribution is 5.96. The lowest BCUT2D eigenvalue weighted by atomic mass is 9.87. The molecule has 0 aliphatic carbocycles. The van der Waals surface area contributed by atoms with Crippen LogP contribution in [0.3, 0.4) is 0 Å². The van der Waals surface area contributed by atoms with Gasteiger partial charge in [0.2, 0.25) is 11.8 Å². The second kappa shape index (κ2) is 6.02. The SMILES string of the molecule is CC(C)Oc1ncccc1NC(=O)[C@H](N)C(C)(C)C. The van der Waals surface area contributed by atoms with Gasteiger partial charge in [-0.3, -0.25) is 4.79 Å². The van der Waals surface area contributed by atoms with E-state index in [0.29, 0.717) is 11.6 Å². The second-order valence-corrected chi connectivity index (χ2v) is 5.86. The van der Waals surface area contributed by atoms with Crippen molar-refractivity contribution in [1.82, 2.24) is 4.98 Å². The van der Waals surface area contributed by atoms with E-state index in [-0.39, 0.29) is 17.4 Å². The fourth-order valence-electron chi connectivity index (χ4n) is 1.41. The molecular formula is C14H23N3O2. The number of carbonyl (C=O) groups is 1. The quantitative estimate of drug-likeness (QED) is 0.874. The monoisotopic (exact) mass is 265 g/mol. The number of hydrogen-bond donors (Lipinski definition) is 2. The number of ether oxygens (including phenoxy) is 1. The Morgan fingerprint density at radius 3 is 2.58 bits per heavy atom. The molecule has 19 heavy (non-hydrogen) atoms. The molecule has 0 saturated heterocycles. The Balaban J connectivity index is 2.85. The maximum atomic E-state index is 12.1. The summed E-state index contributed by atoms with van der Waals surface area (Å²) in [5.74, 6) is 0.168. The van der Waals surface area contributed by atoms with Crippen LogP contribution in [0.4, 0.5) is 5.69 Å². The molecule has 0 fully saturated rings. The fraction of sp³-hybridized carbons (Fsp3) is 0.571. The number of aromatic nitrogens is 1. The Kier molecular flexibility index (Phi) is 4.89. The summed E-state index contributed by atoms with van der Waals surface area (Å²) in [6.07, 6.45) is 1.61. The Labute approximate surface area is 114 Å². The zero-order valence-electron chi connectivity index (χ0n) is 12.2. The molecule has 5 nitrogen and oxygen atoms in total. The molecule has 1 rings (SSSR count). The van der Waals surface area contributed by atoms with E-state index in [9.17, 15) is 4.79 Å². The van der Waals surface area contributed by atoms with Gasteiger partial charge in [-0.25, -0.2) is 4.98 Å². The van der Waals surface area contributed by atoms with Crippen LogP contribution in [0.5, 0.6) is 5.88 Å². The standard InChI is InChI=1S/C14H23N3O2/c1-9(2)19-13-10(7-6-8-16-13)17-12(18)11(15)14(3,4)5/h6-9,11H,15H2,1-5H3,(H,17,18)/t11-/m0/s1. The molecule has 0 saturated carbocycles. The number of nitrogens with zero attached hydrogens (tertiary/aromatic N) is 1. The first kappa shape index (κ1) is 15.4. The summed E-state index contributed by atoms with van der Waals surface area (Å²) in [5.41, 5.74) is 6.16. The van der Waals surface area contributed by atoms with Crippen molar-refractivity contribution >= 4 is 11.6 Å². The third-order valence-corrected chi connectivity index (χ3v) is 2.59. The lowest BCUT2D eigenvalue weighted by Crippen LogP contribution is -2.45. The first-order chi connectivity index (χ1) is 8.71. The zero-order chi connectivity index (χ0) is 14.6. The van der Waals surface area contributed by atoms with Crippen LogP contribution in [0, 0.1) is 5.41 Å². The van der Waals surface area contributed by atoms with Gasteiger partial charge in [-0.15, -0.1) is 0 Å². The number of amides is 1. The molecule has 1 amide bonds. The summed E-state index contributed by atoms with van der Waals surface area (Å²) in [4.78, 5) is 16.2. The molecule has 0 aromatic carbocycles. The van der Waals surface area contributed by atoms with Gasteiger partial charge in [-0.05, 0) is 31.4 Å². The molecule has 0 unspecified atom stereocenters. The van der Waals surface area contributed by atoms with Crippen molar-refractivity contribution in [2.75, 3.05) is 5.32 Å². The number of hydrogen-bond acceptors (Lipinski definition) is 4. The maximum absolute atomic E-state index is 12.1. The normalized spacial score (nSPS) is 13.2. The molecule has 1 heterocycles. The molecule has 0 spiro atoms. The summed E-state index contributed by atoms with van der Waals surface area (Å²) in [6.45, 7) is 9.58. The van der Waals surface area contributed by atoms with E-state index < -0.39 is 6.04 Å². The van der Waals surface area contributed by atoms with Crippen LogP contribution in [0.25, 0.3) is 0 Å². The third kappa shape index (κ3) is 4.52. The molecule has 5 heteroatoms. The van der Waals surface area contributed by atoms with Crippen molar-refractivity contribution in [3.05, 3.63) is 18.3 Å². The van der Waals surface area contributed by atoms with Gasteiger partial charge in [-0.2, -0.15) is 0 Å². The van der Waals surface area contributed by atoms with Crippen molar-refractivity contribution < 1.29 is 9.53 Å². The molecule has 1 atom stereocenters. The molecule has 106 valence electrons. The van der Waals surface area contributed by atoms with Gasteiger partial charge in [0.05, 0.1) is 12.1 Å². The Morgan fingerprint density at radius 1 is 1.42 bits per heavy atom. The molecule has 3 N–H and O–H groups in total. The molecule has 0 aliphatic rings. The van der Waals surface area contributed by atoms with Crippen LogP contribution in [0.1, 0.15) is 34.6 Å². The fourth-order valence-corrected chi connectivity index (χ4v) is 1.41. The van der Waals surface area contributed by atoms with Crippen LogP contribution >= 0.6 is 0 Å². The van der Waals surface area contributed by atoms with Crippen molar-refractivity contribution in [1.29, 1.82) is 0 Å². The highest BCUT2D eigenvalue weighted by atomic mass is 16.5. The predicted molar refractivity (Wildman–Crippen MR) is 76.1 cm³/mol. The summed E-state index contributed by atoms with van der Waals surface area (Å²) in [5, 5.41) is 2.77. The lowest BCUT2D eigenvalue weighted by molar-refractivity contribution is -0.119. The van der Waals surface area contributed by atoms with Gasteiger partial charge in [0.1, 0.15) is 5.69 Å². The molecule has 1 aromatic heterocycles. The Bertz CT molecular complexity index is 439. The molecular weight excluding hydrogens is 242 g/mol. The largest absolute Gasteiger partial charge is 0.473 e. The minimum absolute atomic E-state index is 0.0122. The highest BCUT2D eigenvalue weighted by Gasteiger charge is 2.28. The number of rotatable bonds is 4. The number of carbonyl (C=O) groups excluding carboxylic acids is 1. The van der Waals surface area contributed by atoms with Crippen LogP contribution in [0.15, 0.2) is 18.3 Å². The zero-order valence-corrected chi connectivity index (χ0v) is 12.2.